The zero-order valence-corrected chi connectivity index (χ0v) is 9.88. The molecule has 0 saturated carbocycles. The first-order valence-corrected chi connectivity index (χ1v) is 6.00. The Kier molecular flexibility index (Phi) is 5.65. The highest BCUT2D eigenvalue weighted by molar-refractivity contribution is 5.78. The standard InChI is InChI=1S/C11H23N3O/c1-3-10(2)13-11(15)9-12-14-7-5-4-6-8-14/h10,12H,3-9H2,1-2H3,(H,13,15). The lowest BCUT2D eigenvalue weighted by molar-refractivity contribution is -0.121. The lowest BCUT2D eigenvalue weighted by Crippen LogP contribution is -2.47. The van der Waals surface area contributed by atoms with Gasteiger partial charge in [0.05, 0.1) is 6.54 Å². The minimum Gasteiger partial charge on any atom is -0.353 e. The van der Waals surface area contributed by atoms with E-state index in [9.17, 15) is 4.79 Å². The van der Waals surface area contributed by atoms with Gasteiger partial charge in [-0.1, -0.05) is 13.3 Å². The van der Waals surface area contributed by atoms with Crippen LogP contribution < -0.4 is 10.7 Å². The lowest BCUT2D eigenvalue weighted by Gasteiger charge is -2.27. The Bertz CT molecular complexity index is 190. The molecule has 1 amide bonds. The van der Waals surface area contributed by atoms with Gasteiger partial charge in [0.1, 0.15) is 0 Å². The Hall–Kier alpha value is -0.610. The van der Waals surface area contributed by atoms with Gasteiger partial charge >= 0.3 is 0 Å². The number of hydrogen-bond acceptors (Lipinski definition) is 3. The first-order valence-electron chi connectivity index (χ1n) is 6.00. The molecule has 1 unspecified atom stereocenters. The molecule has 0 aromatic rings. The minimum absolute atomic E-state index is 0.0925. The number of carbonyl (C=O) groups excluding carboxylic acids is 1. The van der Waals surface area contributed by atoms with Crippen LogP contribution in [0.25, 0.3) is 0 Å². The topological polar surface area (TPSA) is 44.4 Å². The number of rotatable bonds is 5. The van der Waals surface area contributed by atoms with Crippen LogP contribution in [0.15, 0.2) is 0 Å². The number of hydrazine groups is 1. The molecule has 0 bridgehead atoms. The van der Waals surface area contributed by atoms with Crippen LogP contribution in [-0.2, 0) is 4.79 Å². The fourth-order valence-electron chi connectivity index (χ4n) is 1.66. The van der Waals surface area contributed by atoms with Crippen LogP contribution in [0.1, 0.15) is 39.5 Å². The predicted molar refractivity (Wildman–Crippen MR) is 61.3 cm³/mol. The monoisotopic (exact) mass is 213 g/mol. The third kappa shape index (κ3) is 5.14. The van der Waals surface area contributed by atoms with E-state index in [4.69, 9.17) is 0 Å². The molecule has 0 aromatic carbocycles. The molecule has 15 heavy (non-hydrogen) atoms. The normalized spacial score (nSPS) is 19.9. The van der Waals surface area contributed by atoms with Gasteiger partial charge in [0.15, 0.2) is 0 Å². The largest absolute Gasteiger partial charge is 0.353 e. The zero-order valence-electron chi connectivity index (χ0n) is 9.88. The fourth-order valence-corrected chi connectivity index (χ4v) is 1.66. The van der Waals surface area contributed by atoms with Gasteiger partial charge in [-0.25, -0.2) is 10.4 Å². The van der Waals surface area contributed by atoms with Crippen molar-refractivity contribution >= 4 is 5.91 Å². The number of nitrogens with one attached hydrogen (secondary N) is 2. The Labute approximate surface area is 92.4 Å². The molecule has 88 valence electrons. The van der Waals surface area contributed by atoms with Crippen LogP contribution in [0, 0.1) is 0 Å². The molecule has 0 aliphatic carbocycles. The molecule has 1 saturated heterocycles. The molecule has 1 fully saturated rings. The summed E-state index contributed by atoms with van der Waals surface area (Å²) in [5, 5.41) is 5.09. The number of hydrogen-bond donors (Lipinski definition) is 2. The van der Waals surface area contributed by atoms with E-state index < -0.39 is 0 Å². The molecule has 0 spiro atoms. The molecule has 1 atom stereocenters. The van der Waals surface area contributed by atoms with E-state index in [0.717, 1.165) is 19.5 Å². The highest BCUT2D eigenvalue weighted by Crippen LogP contribution is 2.05. The summed E-state index contributed by atoms with van der Waals surface area (Å²) < 4.78 is 0. The van der Waals surface area contributed by atoms with Crippen molar-refractivity contribution in [3.8, 4) is 0 Å². The average Bonchev–Trinajstić information content (AvgIpc) is 2.27. The van der Waals surface area contributed by atoms with E-state index in [1.165, 1.54) is 19.3 Å². The van der Waals surface area contributed by atoms with Crippen molar-refractivity contribution in [3.05, 3.63) is 0 Å². The number of amides is 1. The molecule has 1 aliphatic rings. The van der Waals surface area contributed by atoms with Gasteiger partial charge in [-0.05, 0) is 26.2 Å². The summed E-state index contributed by atoms with van der Waals surface area (Å²) in [5.74, 6) is 0.0925. The van der Waals surface area contributed by atoms with E-state index in [2.05, 4.69) is 22.7 Å². The SMILES string of the molecule is CCC(C)NC(=O)CNN1CCCCC1. The van der Waals surface area contributed by atoms with Gasteiger partial charge in [-0.2, -0.15) is 0 Å². The van der Waals surface area contributed by atoms with Gasteiger partial charge in [0.2, 0.25) is 5.91 Å². The minimum atomic E-state index is 0.0925. The molecule has 0 aromatic heterocycles. The van der Waals surface area contributed by atoms with Gasteiger partial charge in [0, 0.05) is 19.1 Å². The summed E-state index contributed by atoms with van der Waals surface area (Å²) in [7, 11) is 0. The molecular weight excluding hydrogens is 190 g/mol. The Morgan fingerprint density at radius 3 is 2.60 bits per heavy atom. The summed E-state index contributed by atoms with van der Waals surface area (Å²) in [5.41, 5.74) is 3.17. The Morgan fingerprint density at radius 1 is 1.33 bits per heavy atom. The lowest BCUT2D eigenvalue weighted by atomic mass is 10.2. The molecule has 4 nitrogen and oxygen atoms in total. The molecule has 2 N–H and O–H groups in total. The van der Waals surface area contributed by atoms with E-state index in [0.29, 0.717) is 6.54 Å². The number of nitrogens with zero attached hydrogens (tertiary/aromatic N) is 1. The van der Waals surface area contributed by atoms with Crippen molar-refractivity contribution in [2.24, 2.45) is 0 Å². The van der Waals surface area contributed by atoms with Gasteiger partial charge in [-0.15, -0.1) is 0 Å². The quantitative estimate of drug-likeness (QED) is 0.713. The van der Waals surface area contributed by atoms with Gasteiger partial charge < -0.3 is 5.32 Å². The van der Waals surface area contributed by atoms with E-state index >= 15 is 0 Å². The Balaban J connectivity index is 2.10. The summed E-state index contributed by atoms with van der Waals surface area (Å²) in [4.78, 5) is 11.5. The van der Waals surface area contributed by atoms with Crippen molar-refractivity contribution in [2.45, 2.75) is 45.6 Å². The van der Waals surface area contributed by atoms with Crippen molar-refractivity contribution in [1.29, 1.82) is 0 Å². The van der Waals surface area contributed by atoms with Crippen molar-refractivity contribution in [1.82, 2.24) is 15.8 Å². The highest BCUT2D eigenvalue weighted by atomic mass is 16.2. The molecule has 0 radical (unpaired) electrons. The van der Waals surface area contributed by atoms with Crippen LogP contribution >= 0.6 is 0 Å². The van der Waals surface area contributed by atoms with Crippen LogP contribution in [0.4, 0.5) is 0 Å². The first kappa shape index (κ1) is 12.5. The van der Waals surface area contributed by atoms with E-state index in [1.807, 2.05) is 6.92 Å². The Morgan fingerprint density at radius 2 is 2.00 bits per heavy atom. The van der Waals surface area contributed by atoms with E-state index in [-0.39, 0.29) is 11.9 Å². The summed E-state index contributed by atoms with van der Waals surface area (Å²) >= 11 is 0. The van der Waals surface area contributed by atoms with Crippen molar-refractivity contribution in [2.75, 3.05) is 19.6 Å². The number of piperidine rings is 1. The van der Waals surface area contributed by atoms with Gasteiger partial charge in [0.25, 0.3) is 0 Å². The second-order valence-corrected chi connectivity index (χ2v) is 4.26. The van der Waals surface area contributed by atoms with Crippen molar-refractivity contribution < 1.29 is 4.79 Å². The smallest absolute Gasteiger partial charge is 0.235 e. The van der Waals surface area contributed by atoms with Crippen LogP contribution in [0.5, 0.6) is 0 Å². The average molecular weight is 213 g/mol. The molecular formula is C11H23N3O. The second-order valence-electron chi connectivity index (χ2n) is 4.26. The molecule has 4 heteroatoms. The maximum absolute atomic E-state index is 11.5. The fraction of sp³-hybridized carbons (Fsp3) is 0.909. The van der Waals surface area contributed by atoms with Crippen LogP contribution in [0.3, 0.4) is 0 Å². The predicted octanol–water partition coefficient (Wildman–Crippen LogP) is 0.892. The second kappa shape index (κ2) is 6.80. The third-order valence-corrected chi connectivity index (χ3v) is 2.84. The van der Waals surface area contributed by atoms with Crippen LogP contribution in [0.2, 0.25) is 0 Å². The van der Waals surface area contributed by atoms with Gasteiger partial charge in [-0.3, -0.25) is 4.79 Å². The molecule has 1 rings (SSSR count). The maximum Gasteiger partial charge on any atom is 0.235 e. The zero-order chi connectivity index (χ0) is 11.1. The number of carbonyl (C=O) groups is 1. The van der Waals surface area contributed by atoms with Crippen LogP contribution in [-0.4, -0.2) is 36.6 Å². The molecule has 1 heterocycles. The molecule has 1 aliphatic heterocycles. The maximum atomic E-state index is 11.5. The van der Waals surface area contributed by atoms with Crippen molar-refractivity contribution in [3.63, 3.8) is 0 Å². The summed E-state index contributed by atoms with van der Waals surface area (Å²) in [6, 6.07) is 0.278. The first-order chi connectivity index (χ1) is 7.22. The third-order valence-electron chi connectivity index (χ3n) is 2.84. The summed E-state index contributed by atoms with van der Waals surface area (Å²) in [6.07, 6.45) is 4.77. The van der Waals surface area contributed by atoms with E-state index in [1.54, 1.807) is 0 Å². The highest BCUT2D eigenvalue weighted by Gasteiger charge is 2.11. The summed E-state index contributed by atoms with van der Waals surface area (Å²) in [6.45, 7) is 6.64.